The second kappa shape index (κ2) is 4.24. The number of carbonyl (C=O) groups is 1. The van der Waals surface area contributed by atoms with Crippen LogP contribution in [-0.4, -0.2) is 13.1 Å². The lowest BCUT2D eigenvalue weighted by molar-refractivity contribution is 0.0599. The molecular weight excluding hydrogens is 178 g/mol. The number of aryl methyl sites for hydroxylation is 1. The molecule has 0 bridgehead atoms. The number of esters is 1. The highest BCUT2D eigenvalue weighted by Gasteiger charge is 2.14. The highest BCUT2D eigenvalue weighted by molar-refractivity contribution is 5.91. The third-order valence-corrected chi connectivity index (χ3v) is 2.10. The Labute approximate surface area is 83.9 Å². The molecule has 0 heterocycles. The van der Waals surface area contributed by atoms with Gasteiger partial charge in [0, 0.05) is 6.04 Å². The fourth-order valence-corrected chi connectivity index (χ4v) is 1.35. The first kappa shape index (κ1) is 10.7. The first-order chi connectivity index (χ1) is 6.56. The summed E-state index contributed by atoms with van der Waals surface area (Å²) >= 11 is 0. The molecule has 0 radical (unpaired) electrons. The molecule has 0 aliphatic carbocycles. The fourth-order valence-electron chi connectivity index (χ4n) is 1.35. The van der Waals surface area contributed by atoms with Gasteiger partial charge in [0.05, 0.1) is 12.7 Å². The Hall–Kier alpha value is -1.35. The van der Waals surface area contributed by atoms with Crippen LogP contribution in [0.4, 0.5) is 0 Å². The Morgan fingerprint density at radius 1 is 1.50 bits per heavy atom. The maximum atomic E-state index is 11.4. The van der Waals surface area contributed by atoms with E-state index in [9.17, 15) is 4.79 Å². The average molecular weight is 193 g/mol. The molecule has 0 spiro atoms. The summed E-state index contributed by atoms with van der Waals surface area (Å²) in [6.45, 7) is 3.77. The van der Waals surface area contributed by atoms with Crippen LogP contribution >= 0.6 is 0 Å². The van der Waals surface area contributed by atoms with Gasteiger partial charge in [-0.25, -0.2) is 4.79 Å². The Kier molecular flexibility index (Phi) is 3.25. The van der Waals surface area contributed by atoms with Crippen molar-refractivity contribution in [1.82, 2.24) is 0 Å². The number of hydrogen-bond acceptors (Lipinski definition) is 3. The molecule has 3 heteroatoms. The normalized spacial score (nSPS) is 12.3. The van der Waals surface area contributed by atoms with Crippen molar-refractivity contribution in [1.29, 1.82) is 0 Å². The van der Waals surface area contributed by atoms with Gasteiger partial charge in [-0.3, -0.25) is 0 Å². The monoisotopic (exact) mass is 193 g/mol. The van der Waals surface area contributed by atoms with E-state index < -0.39 is 0 Å². The Morgan fingerprint density at radius 2 is 2.14 bits per heavy atom. The van der Waals surface area contributed by atoms with Crippen LogP contribution in [0.2, 0.25) is 0 Å². The van der Waals surface area contributed by atoms with Crippen LogP contribution in [0.25, 0.3) is 0 Å². The second-order valence-electron chi connectivity index (χ2n) is 3.37. The molecule has 1 rings (SSSR count). The minimum atomic E-state index is -0.332. The van der Waals surface area contributed by atoms with Crippen molar-refractivity contribution in [3.63, 3.8) is 0 Å². The quantitative estimate of drug-likeness (QED) is 0.729. The highest BCUT2D eigenvalue weighted by Crippen LogP contribution is 2.18. The Balaban J connectivity index is 3.22. The summed E-state index contributed by atoms with van der Waals surface area (Å²) in [5.41, 5.74) is 8.15. The number of carbonyl (C=O) groups excluding carboxylic acids is 1. The molecule has 0 aromatic heterocycles. The van der Waals surface area contributed by atoms with E-state index in [1.807, 2.05) is 26.0 Å². The SMILES string of the molecule is COC(=O)c1cc(C)ccc1[C@@H](C)N. The number of nitrogens with two attached hydrogens (primary N) is 1. The van der Waals surface area contributed by atoms with Gasteiger partial charge in [-0.15, -0.1) is 0 Å². The van der Waals surface area contributed by atoms with Gasteiger partial charge in [0.25, 0.3) is 0 Å². The lowest BCUT2D eigenvalue weighted by Gasteiger charge is -2.11. The minimum Gasteiger partial charge on any atom is -0.465 e. The van der Waals surface area contributed by atoms with Crippen molar-refractivity contribution >= 4 is 5.97 Å². The van der Waals surface area contributed by atoms with Gasteiger partial charge >= 0.3 is 5.97 Å². The lowest BCUT2D eigenvalue weighted by atomic mass is 10.00. The fraction of sp³-hybridized carbons (Fsp3) is 0.364. The second-order valence-corrected chi connectivity index (χ2v) is 3.37. The van der Waals surface area contributed by atoms with E-state index in [4.69, 9.17) is 5.73 Å². The molecule has 1 aromatic rings. The van der Waals surface area contributed by atoms with Gasteiger partial charge in [0.15, 0.2) is 0 Å². The van der Waals surface area contributed by atoms with Gasteiger partial charge < -0.3 is 10.5 Å². The average Bonchev–Trinajstić information content (AvgIpc) is 2.16. The van der Waals surface area contributed by atoms with Crippen molar-refractivity contribution in [2.45, 2.75) is 19.9 Å². The van der Waals surface area contributed by atoms with E-state index in [2.05, 4.69) is 4.74 Å². The van der Waals surface area contributed by atoms with E-state index >= 15 is 0 Å². The zero-order chi connectivity index (χ0) is 10.7. The first-order valence-corrected chi connectivity index (χ1v) is 4.50. The highest BCUT2D eigenvalue weighted by atomic mass is 16.5. The van der Waals surface area contributed by atoms with Gasteiger partial charge in [-0.1, -0.05) is 17.7 Å². The lowest BCUT2D eigenvalue weighted by Crippen LogP contribution is -2.13. The molecule has 76 valence electrons. The van der Waals surface area contributed by atoms with E-state index in [0.717, 1.165) is 11.1 Å². The van der Waals surface area contributed by atoms with Crippen LogP contribution in [0.5, 0.6) is 0 Å². The summed E-state index contributed by atoms with van der Waals surface area (Å²) in [4.78, 5) is 11.4. The summed E-state index contributed by atoms with van der Waals surface area (Å²) in [5, 5.41) is 0. The van der Waals surface area contributed by atoms with Crippen LogP contribution in [0.15, 0.2) is 18.2 Å². The molecule has 0 aliphatic heterocycles. The molecule has 0 fully saturated rings. The maximum absolute atomic E-state index is 11.4. The van der Waals surface area contributed by atoms with Gasteiger partial charge in [0.2, 0.25) is 0 Å². The molecule has 2 N–H and O–H groups in total. The number of benzene rings is 1. The summed E-state index contributed by atoms with van der Waals surface area (Å²) in [5.74, 6) is -0.332. The third kappa shape index (κ3) is 2.12. The maximum Gasteiger partial charge on any atom is 0.338 e. The molecule has 1 atom stereocenters. The molecule has 3 nitrogen and oxygen atoms in total. The molecule has 0 saturated carbocycles. The van der Waals surface area contributed by atoms with E-state index in [1.54, 1.807) is 6.07 Å². The van der Waals surface area contributed by atoms with Crippen LogP contribution in [0, 0.1) is 6.92 Å². The van der Waals surface area contributed by atoms with E-state index in [0.29, 0.717) is 5.56 Å². The third-order valence-electron chi connectivity index (χ3n) is 2.10. The van der Waals surface area contributed by atoms with Crippen LogP contribution in [0.1, 0.15) is 34.5 Å². The topological polar surface area (TPSA) is 52.3 Å². The van der Waals surface area contributed by atoms with Gasteiger partial charge in [-0.05, 0) is 25.5 Å². The summed E-state index contributed by atoms with van der Waals surface area (Å²) in [6, 6.07) is 5.44. The zero-order valence-electron chi connectivity index (χ0n) is 8.70. The number of rotatable bonds is 2. The van der Waals surface area contributed by atoms with Crippen molar-refractivity contribution in [3.05, 3.63) is 34.9 Å². The molecule has 14 heavy (non-hydrogen) atoms. The largest absolute Gasteiger partial charge is 0.465 e. The van der Waals surface area contributed by atoms with Crippen LogP contribution < -0.4 is 5.73 Å². The van der Waals surface area contributed by atoms with Crippen LogP contribution in [-0.2, 0) is 4.74 Å². The number of hydrogen-bond donors (Lipinski definition) is 1. The number of ether oxygens (including phenoxy) is 1. The predicted molar refractivity (Wildman–Crippen MR) is 55.1 cm³/mol. The van der Waals surface area contributed by atoms with Crippen molar-refractivity contribution in [2.24, 2.45) is 5.73 Å². The molecule has 0 saturated heterocycles. The molecule has 0 amide bonds. The summed E-state index contributed by atoms with van der Waals surface area (Å²) in [7, 11) is 1.37. The minimum absolute atomic E-state index is 0.162. The van der Waals surface area contributed by atoms with E-state index in [1.165, 1.54) is 7.11 Å². The van der Waals surface area contributed by atoms with Crippen LogP contribution in [0.3, 0.4) is 0 Å². The summed E-state index contributed by atoms with van der Waals surface area (Å²) < 4.78 is 4.69. The standard InChI is InChI=1S/C11H15NO2/c1-7-4-5-9(8(2)12)10(6-7)11(13)14-3/h4-6,8H,12H2,1-3H3/t8-/m1/s1. The zero-order valence-corrected chi connectivity index (χ0v) is 8.70. The van der Waals surface area contributed by atoms with E-state index in [-0.39, 0.29) is 12.0 Å². The smallest absolute Gasteiger partial charge is 0.338 e. The van der Waals surface area contributed by atoms with Crippen molar-refractivity contribution < 1.29 is 9.53 Å². The molecule has 0 aliphatic rings. The van der Waals surface area contributed by atoms with Gasteiger partial charge in [-0.2, -0.15) is 0 Å². The molecule has 0 unspecified atom stereocenters. The molecular formula is C11H15NO2. The van der Waals surface area contributed by atoms with Crippen molar-refractivity contribution in [2.75, 3.05) is 7.11 Å². The molecule has 1 aromatic carbocycles. The predicted octanol–water partition coefficient (Wildman–Crippen LogP) is 1.80. The Bertz CT molecular complexity index is 345. The van der Waals surface area contributed by atoms with Crippen molar-refractivity contribution in [3.8, 4) is 0 Å². The summed E-state index contributed by atoms with van der Waals surface area (Å²) in [6.07, 6.45) is 0. The number of methoxy groups -OCH3 is 1. The Morgan fingerprint density at radius 3 is 2.64 bits per heavy atom. The first-order valence-electron chi connectivity index (χ1n) is 4.50. The van der Waals surface area contributed by atoms with Gasteiger partial charge in [0.1, 0.15) is 0 Å².